The number of benzene rings is 2. The molecule has 0 unspecified atom stereocenters. The normalized spacial score (nSPS) is 22.5. The van der Waals surface area contributed by atoms with Crippen molar-refractivity contribution in [2.24, 2.45) is 0 Å². The Bertz CT molecular complexity index is 1250. The van der Waals surface area contributed by atoms with E-state index in [9.17, 15) is 19.5 Å². The van der Waals surface area contributed by atoms with Gasteiger partial charge in [0.15, 0.2) is 8.32 Å². The number of anilines is 1. The summed E-state index contributed by atoms with van der Waals surface area (Å²) in [4.78, 5) is 41.3. The predicted molar refractivity (Wildman–Crippen MR) is 152 cm³/mol. The van der Waals surface area contributed by atoms with Crippen LogP contribution in [0.5, 0.6) is 0 Å². The van der Waals surface area contributed by atoms with Crippen molar-refractivity contribution in [3.63, 3.8) is 0 Å². The lowest BCUT2D eigenvalue weighted by Crippen LogP contribution is -2.59. The third-order valence-corrected chi connectivity index (χ3v) is 12.7. The zero-order valence-corrected chi connectivity index (χ0v) is 24.9. The number of para-hydroxylation sites is 1. The summed E-state index contributed by atoms with van der Waals surface area (Å²) >= 11 is 0. The highest BCUT2D eigenvalue weighted by atomic mass is 28.4. The first-order valence-electron chi connectivity index (χ1n) is 13.4. The quantitative estimate of drug-likeness (QED) is 0.324. The highest BCUT2D eigenvalue weighted by molar-refractivity contribution is 6.74. The summed E-state index contributed by atoms with van der Waals surface area (Å²) in [6.07, 6.45) is -1.80. The fourth-order valence-corrected chi connectivity index (χ4v) is 5.89. The Morgan fingerprint density at radius 1 is 1.12 bits per heavy atom. The van der Waals surface area contributed by atoms with Crippen molar-refractivity contribution in [1.82, 2.24) is 10.2 Å². The molecule has 2 amide bonds. The first-order valence-corrected chi connectivity index (χ1v) is 16.3. The maximum absolute atomic E-state index is 14.2. The fourth-order valence-electron chi connectivity index (χ4n) is 4.88. The number of hydrogen-bond acceptors (Lipinski definition) is 8. The summed E-state index contributed by atoms with van der Waals surface area (Å²) in [5.74, 6) is -1.25. The number of alkyl carbamates (subject to hydrolysis) is 1. The first-order chi connectivity index (χ1) is 18.8. The Kier molecular flexibility index (Phi) is 8.30. The lowest BCUT2D eigenvalue weighted by molar-refractivity contribution is -0.153. The molecule has 1 saturated heterocycles. The van der Waals surface area contributed by atoms with Gasteiger partial charge in [0.1, 0.15) is 30.5 Å². The summed E-state index contributed by atoms with van der Waals surface area (Å²) in [5, 5.41) is 17.5. The molecule has 4 rings (SSSR count). The van der Waals surface area contributed by atoms with Crippen LogP contribution in [0, 0.1) is 0 Å². The minimum atomic E-state index is -2.33. The van der Waals surface area contributed by atoms with Crippen LogP contribution >= 0.6 is 0 Å². The molecule has 0 aromatic heterocycles. The summed E-state index contributed by atoms with van der Waals surface area (Å²) in [6, 6.07) is 14.1. The number of esters is 1. The van der Waals surface area contributed by atoms with Gasteiger partial charge in [0.25, 0.3) is 0 Å². The zero-order chi connectivity index (χ0) is 29.3. The topological polar surface area (TPSA) is 126 Å². The standard InChI is InChI=1S/C29H39N3O7Si/c1-28(2,3)40(5,6)39-18-22(31-27(35)38-17-19-12-8-7-9-13-19)24(33)32-23(25(34)37-4)16-29(36)20-14-10-11-15-21(20)30-26(29)32/h7-15,22-23,26,30,36H,16-18H2,1-6H3,(H,31,35)/t22-,23-,26-,29+/m0/s1. The number of methoxy groups -OCH3 is 1. The van der Waals surface area contributed by atoms with Crippen molar-refractivity contribution in [3.8, 4) is 0 Å². The number of carbonyl (C=O) groups is 3. The van der Waals surface area contributed by atoms with Crippen LogP contribution in [-0.2, 0) is 35.7 Å². The molecule has 10 nitrogen and oxygen atoms in total. The number of fused-ring (bicyclic) bond motifs is 3. The van der Waals surface area contributed by atoms with Gasteiger partial charge in [0.2, 0.25) is 5.91 Å². The first kappa shape index (κ1) is 29.6. The van der Waals surface area contributed by atoms with E-state index >= 15 is 0 Å². The third-order valence-electron chi connectivity index (χ3n) is 8.20. The third kappa shape index (κ3) is 5.72. The van der Waals surface area contributed by atoms with Gasteiger partial charge >= 0.3 is 12.1 Å². The molecule has 0 bridgehead atoms. The van der Waals surface area contributed by atoms with Crippen LogP contribution in [0.4, 0.5) is 10.5 Å². The number of nitrogens with zero attached hydrogens (tertiary/aromatic N) is 1. The molecule has 0 spiro atoms. The van der Waals surface area contributed by atoms with Gasteiger partial charge in [-0.05, 0) is 29.8 Å². The van der Waals surface area contributed by atoms with Crippen molar-refractivity contribution in [3.05, 3.63) is 65.7 Å². The number of nitrogens with one attached hydrogen (secondary N) is 2. The van der Waals surface area contributed by atoms with E-state index < -0.39 is 50.1 Å². The molecule has 11 heteroatoms. The Morgan fingerprint density at radius 3 is 2.42 bits per heavy atom. The second-order valence-electron chi connectivity index (χ2n) is 11.8. The van der Waals surface area contributed by atoms with E-state index in [-0.39, 0.29) is 24.7 Å². The molecule has 0 saturated carbocycles. The Balaban J connectivity index is 1.61. The zero-order valence-electron chi connectivity index (χ0n) is 23.9. The summed E-state index contributed by atoms with van der Waals surface area (Å²) in [7, 11) is -1.10. The summed E-state index contributed by atoms with van der Waals surface area (Å²) in [5.41, 5.74) is 0.527. The van der Waals surface area contributed by atoms with Crippen LogP contribution in [0.2, 0.25) is 18.1 Å². The van der Waals surface area contributed by atoms with E-state index in [1.165, 1.54) is 12.0 Å². The molecular weight excluding hydrogens is 530 g/mol. The van der Waals surface area contributed by atoms with Gasteiger partial charge in [0.05, 0.1) is 13.7 Å². The predicted octanol–water partition coefficient (Wildman–Crippen LogP) is 3.72. The van der Waals surface area contributed by atoms with E-state index in [0.717, 1.165) is 5.56 Å². The molecule has 2 aromatic rings. The Morgan fingerprint density at radius 2 is 1.77 bits per heavy atom. The van der Waals surface area contributed by atoms with E-state index in [0.29, 0.717) is 11.3 Å². The van der Waals surface area contributed by atoms with Crippen LogP contribution in [0.15, 0.2) is 54.6 Å². The lowest BCUT2D eigenvalue weighted by Gasteiger charge is -2.38. The molecule has 2 aliphatic heterocycles. The Hall–Kier alpha value is -3.41. The van der Waals surface area contributed by atoms with Crippen LogP contribution in [0.25, 0.3) is 0 Å². The average molecular weight is 570 g/mol. The lowest BCUT2D eigenvalue weighted by atomic mass is 9.91. The van der Waals surface area contributed by atoms with Crippen LogP contribution in [-0.4, -0.2) is 68.3 Å². The van der Waals surface area contributed by atoms with E-state index in [1.807, 2.05) is 49.5 Å². The minimum absolute atomic E-state index is 0.0183. The second-order valence-corrected chi connectivity index (χ2v) is 16.6. The number of aliphatic hydroxyl groups is 1. The largest absolute Gasteiger partial charge is 0.467 e. The number of carbonyl (C=O) groups excluding carboxylic acids is 3. The van der Waals surface area contributed by atoms with Crippen LogP contribution in [0.1, 0.15) is 38.3 Å². The number of amides is 2. The molecule has 2 aromatic carbocycles. The van der Waals surface area contributed by atoms with Crippen LogP contribution < -0.4 is 10.6 Å². The van der Waals surface area contributed by atoms with Crippen molar-refractivity contribution in [1.29, 1.82) is 0 Å². The maximum Gasteiger partial charge on any atom is 0.408 e. The molecule has 0 aliphatic carbocycles. The summed E-state index contributed by atoms with van der Waals surface area (Å²) in [6.45, 7) is 10.2. The smallest absolute Gasteiger partial charge is 0.408 e. The highest BCUT2D eigenvalue weighted by Gasteiger charge is 2.61. The molecule has 2 heterocycles. The van der Waals surface area contributed by atoms with Gasteiger partial charge in [-0.25, -0.2) is 9.59 Å². The van der Waals surface area contributed by atoms with Gasteiger partial charge < -0.3 is 34.5 Å². The summed E-state index contributed by atoms with van der Waals surface area (Å²) < 4.78 is 16.8. The molecule has 2 aliphatic rings. The van der Waals surface area contributed by atoms with Gasteiger partial charge in [0, 0.05) is 17.7 Å². The van der Waals surface area contributed by atoms with Crippen molar-refractivity contribution >= 4 is 32.0 Å². The maximum atomic E-state index is 14.2. The van der Waals surface area contributed by atoms with Gasteiger partial charge in [-0.2, -0.15) is 0 Å². The SMILES string of the molecule is COC(=O)[C@@H]1C[C@@]2(O)c3ccccc3N[C@H]2N1C(=O)[C@H](CO[Si](C)(C)C(C)(C)C)NC(=O)OCc1ccccc1. The molecule has 1 fully saturated rings. The monoisotopic (exact) mass is 569 g/mol. The number of rotatable bonds is 8. The molecule has 216 valence electrons. The van der Waals surface area contributed by atoms with Crippen molar-refractivity contribution in [2.45, 2.75) is 75.8 Å². The Labute approximate surface area is 236 Å². The van der Waals surface area contributed by atoms with Crippen molar-refractivity contribution in [2.75, 3.05) is 19.0 Å². The fraction of sp³-hybridized carbons (Fsp3) is 0.483. The molecule has 0 radical (unpaired) electrons. The van der Waals surface area contributed by atoms with Crippen LogP contribution in [0.3, 0.4) is 0 Å². The molecule has 4 atom stereocenters. The molecule has 40 heavy (non-hydrogen) atoms. The van der Waals surface area contributed by atoms with E-state index in [2.05, 4.69) is 31.4 Å². The van der Waals surface area contributed by atoms with E-state index in [1.54, 1.807) is 18.2 Å². The number of hydrogen-bond donors (Lipinski definition) is 3. The van der Waals surface area contributed by atoms with Crippen molar-refractivity contribution < 1.29 is 33.4 Å². The number of ether oxygens (including phenoxy) is 2. The van der Waals surface area contributed by atoms with Gasteiger partial charge in [-0.3, -0.25) is 4.79 Å². The van der Waals surface area contributed by atoms with Gasteiger partial charge in [-0.1, -0.05) is 69.3 Å². The highest BCUT2D eigenvalue weighted by Crippen LogP contribution is 2.49. The van der Waals surface area contributed by atoms with E-state index in [4.69, 9.17) is 13.9 Å². The number of likely N-dealkylation sites (tertiary alicyclic amines) is 1. The minimum Gasteiger partial charge on any atom is -0.467 e. The van der Waals surface area contributed by atoms with Gasteiger partial charge in [-0.15, -0.1) is 0 Å². The molecule has 3 N–H and O–H groups in total. The average Bonchev–Trinajstić information content (AvgIpc) is 3.37. The molecular formula is C29H39N3O7Si. The second kappa shape index (κ2) is 11.2.